The number of nitrogens with one attached hydrogen (secondary N) is 1. The molecule has 1 fully saturated rings. The summed E-state index contributed by atoms with van der Waals surface area (Å²) in [5.74, 6) is 0.667. The van der Waals surface area contributed by atoms with E-state index in [4.69, 9.17) is 5.73 Å². The van der Waals surface area contributed by atoms with Crippen LogP contribution in [0.2, 0.25) is 0 Å². The molecule has 0 bridgehead atoms. The molecule has 1 aliphatic carbocycles. The van der Waals surface area contributed by atoms with Gasteiger partial charge in [0.15, 0.2) is 0 Å². The first-order chi connectivity index (χ1) is 6.70. The van der Waals surface area contributed by atoms with E-state index in [0.717, 1.165) is 13.1 Å². The van der Waals surface area contributed by atoms with Crippen molar-refractivity contribution in [3.8, 4) is 0 Å². The molecule has 0 spiro atoms. The second-order valence-corrected chi connectivity index (χ2v) is 5.16. The summed E-state index contributed by atoms with van der Waals surface area (Å²) in [5.41, 5.74) is 6.25. The second-order valence-electron chi connectivity index (χ2n) is 5.16. The molecule has 3 N–H and O–H groups in total. The highest BCUT2D eigenvalue weighted by Gasteiger charge is 2.27. The summed E-state index contributed by atoms with van der Waals surface area (Å²) in [6.07, 6.45) is 6.84. The highest BCUT2D eigenvalue weighted by atomic mass is 14.9. The van der Waals surface area contributed by atoms with Gasteiger partial charge in [-0.05, 0) is 37.3 Å². The predicted molar refractivity (Wildman–Crippen MR) is 62.3 cm³/mol. The van der Waals surface area contributed by atoms with Crippen LogP contribution in [0.3, 0.4) is 0 Å². The van der Waals surface area contributed by atoms with Gasteiger partial charge in [-0.25, -0.2) is 0 Å². The van der Waals surface area contributed by atoms with Crippen molar-refractivity contribution in [2.45, 2.75) is 46.0 Å². The van der Waals surface area contributed by atoms with Gasteiger partial charge in [-0.2, -0.15) is 0 Å². The largest absolute Gasteiger partial charge is 0.330 e. The van der Waals surface area contributed by atoms with Crippen molar-refractivity contribution >= 4 is 0 Å². The van der Waals surface area contributed by atoms with Crippen LogP contribution in [0.15, 0.2) is 0 Å². The minimum Gasteiger partial charge on any atom is -0.330 e. The maximum Gasteiger partial charge on any atom is 0.000528 e. The lowest BCUT2D eigenvalue weighted by atomic mass is 9.89. The molecule has 0 heterocycles. The van der Waals surface area contributed by atoms with E-state index >= 15 is 0 Å². The van der Waals surface area contributed by atoms with Crippen LogP contribution in [-0.4, -0.2) is 19.6 Å². The van der Waals surface area contributed by atoms with E-state index < -0.39 is 0 Å². The highest BCUT2D eigenvalue weighted by Crippen LogP contribution is 2.36. The van der Waals surface area contributed by atoms with Crippen molar-refractivity contribution in [1.29, 1.82) is 0 Å². The first-order valence-corrected chi connectivity index (χ1v) is 6.11. The summed E-state index contributed by atoms with van der Waals surface area (Å²) in [5, 5.41) is 3.59. The third-order valence-electron chi connectivity index (χ3n) is 3.71. The molecule has 84 valence electrons. The van der Waals surface area contributed by atoms with E-state index in [1.54, 1.807) is 0 Å². The molecule has 14 heavy (non-hydrogen) atoms. The number of hydrogen-bond donors (Lipinski definition) is 2. The molecule has 1 atom stereocenters. The molecule has 0 radical (unpaired) electrons. The SMILES string of the molecule is CCC(CN)CNCC1(C)CCCC1. The summed E-state index contributed by atoms with van der Waals surface area (Å²) >= 11 is 0. The number of hydrogen-bond acceptors (Lipinski definition) is 2. The lowest BCUT2D eigenvalue weighted by molar-refractivity contribution is 0.303. The van der Waals surface area contributed by atoms with E-state index in [0.29, 0.717) is 11.3 Å². The molecular weight excluding hydrogens is 172 g/mol. The molecule has 0 aromatic heterocycles. The van der Waals surface area contributed by atoms with Crippen molar-refractivity contribution in [3.63, 3.8) is 0 Å². The summed E-state index contributed by atoms with van der Waals surface area (Å²) in [6.45, 7) is 7.74. The van der Waals surface area contributed by atoms with Gasteiger partial charge in [-0.15, -0.1) is 0 Å². The molecule has 1 saturated carbocycles. The van der Waals surface area contributed by atoms with Gasteiger partial charge in [0.25, 0.3) is 0 Å². The van der Waals surface area contributed by atoms with Gasteiger partial charge in [0.1, 0.15) is 0 Å². The number of rotatable bonds is 6. The molecule has 0 aromatic carbocycles. The monoisotopic (exact) mass is 198 g/mol. The predicted octanol–water partition coefficient (Wildman–Crippen LogP) is 2.14. The summed E-state index contributed by atoms with van der Waals surface area (Å²) in [7, 11) is 0. The molecule has 1 rings (SSSR count). The Morgan fingerprint density at radius 3 is 2.50 bits per heavy atom. The van der Waals surface area contributed by atoms with Gasteiger partial charge < -0.3 is 11.1 Å². The van der Waals surface area contributed by atoms with E-state index in [1.807, 2.05) is 0 Å². The molecule has 2 heteroatoms. The normalized spacial score (nSPS) is 22.5. The van der Waals surface area contributed by atoms with E-state index in [1.165, 1.54) is 38.6 Å². The fourth-order valence-electron chi connectivity index (χ4n) is 2.38. The van der Waals surface area contributed by atoms with Crippen molar-refractivity contribution < 1.29 is 0 Å². The molecule has 0 aromatic rings. The molecule has 1 unspecified atom stereocenters. The zero-order valence-electron chi connectivity index (χ0n) is 9.81. The Bertz CT molecular complexity index is 146. The quantitative estimate of drug-likeness (QED) is 0.686. The maximum atomic E-state index is 5.67. The van der Waals surface area contributed by atoms with Crippen LogP contribution in [0, 0.1) is 11.3 Å². The molecular formula is C12H26N2. The minimum atomic E-state index is 0.576. The zero-order valence-corrected chi connectivity index (χ0v) is 9.81. The van der Waals surface area contributed by atoms with Crippen LogP contribution in [0.1, 0.15) is 46.0 Å². The number of nitrogens with two attached hydrogens (primary N) is 1. The molecule has 0 aliphatic heterocycles. The Labute approximate surface area is 88.6 Å². The summed E-state index contributed by atoms with van der Waals surface area (Å²) in [6, 6.07) is 0. The highest BCUT2D eigenvalue weighted by molar-refractivity contribution is 4.82. The van der Waals surface area contributed by atoms with Crippen LogP contribution in [-0.2, 0) is 0 Å². The topological polar surface area (TPSA) is 38.0 Å². The maximum absolute atomic E-state index is 5.67. The third kappa shape index (κ3) is 3.58. The Balaban J connectivity index is 2.13. The van der Waals surface area contributed by atoms with E-state index in [-0.39, 0.29) is 0 Å². The third-order valence-corrected chi connectivity index (χ3v) is 3.71. The van der Waals surface area contributed by atoms with Gasteiger partial charge in [0.05, 0.1) is 0 Å². The van der Waals surface area contributed by atoms with Gasteiger partial charge in [0.2, 0.25) is 0 Å². The van der Waals surface area contributed by atoms with Crippen molar-refractivity contribution in [2.24, 2.45) is 17.1 Å². The Hall–Kier alpha value is -0.0800. The van der Waals surface area contributed by atoms with E-state index in [2.05, 4.69) is 19.2 Å². The average molecular weight is 198 g/mol. The van der Waals surface area contributed by atoms with Crippen LogP contribution < -0.4 is 11.1 Å². The molecule has 0 saturated heterocycles. The Morgan fingerprint density at radius 2 is 2.00 bits per heavy atom. The zero-order chi connectivity index (χ0) is 10.4. The van der Waals surface area contributed by atoms with Crippen molar-refractivity contribution in [2.75, 3.05) is 19.6 Å². The minimum absolute atomic E-state index is 0.576. The second kappa shape index (κ2) is 5.72. The summed E-state index contributed by atoms with van der Waals surface area (Å²) < 4.78 is 0. The van der Waals surface area contributed by atoms with Gasteiger partial charge in [-0.3, -0.25) is 0 Å². The van der Waals surface area contributed by atoms with Gasteiger partial charge in [-0.1, -0.05) is 33.1 Å². The Kier molecular flexibility index (Phi) is 4.90. The molecule has 1 aliphatic rings. The lowest BCUT2D eigenvalue weighted by Gasteiger charge is -2.25. The first-order valence-electron chi connectivity index (χ1n) is 6.11. The lowest BCUT2D eigenvalue weighted by Crippen LogP contribution is -2.34. The van der Waals surface area contributed by atoms with Gasteiger partial charge >= 0.3 is 0 Å². The van der Waals surface area contributed by atoms with Crippen LogP contribution in [0.5, 0.6) is 0 Å². The van der Waals surface area contributed by atoms with Crippen molar-refractivity contribution in [3.05, 3.63) is 0 Å². The van der Waals surface area contributed by atoms with Crippen LogP contribution in [0.25, 0.3) is 0 Å². The standard InChI is InChI=1S/C12H26N2/c1-3-11(8-13)9-14-10-12(2)6-4-5-7-12/h11,14H,3-10,13H2,1-2H3. The summed E-state index contributed by atoms with van der Waals surface area (Å²) in [4.78, 5) is 0. The van der Waals surface area contributed by atoms with Crippen molar-refractivity contribution in [1.82, 2.24) is 5.32 Å². The Morgan fingerprint density at radius 1 is 1.36 bits per heavy atom. The molecule has 0 amide bonds. The molecule has 2 nitrogen and oxygen atoms in total. The first kappa shape index (κ1) is 12.0. The van der Waals surface area contributed by atoms with Gasteiger partial charge in [0, 0.05) is 6.54 Å². The van der Waals surface area contributed by atoms with Crippen LogP contribution >= 0.6 is 0 Å². The fourth-order valence-corrected chi connectivity index (χ4v) is 2.38. The fraction of sp³-hybridized carbons (Fsp3) is 1.00. The smallest absolute Gasteiger partial charge is 0.000528 e. The van der Waals surface area contributed by atoms with E-state index in [9.17, 15) is 0 Å². The van der Waals surface area contributed by atoms with Crippen LogP contribution in [0.4, 0.5) is 0 Å². The average Bonchev–Trinajstić information content (AvgIpc) is 2.60.